The summed E-state index contributed by atoms with van der Waals surface area (Å²) >= 11 is 0. The molecule has 0 spiro atoms. The first-order chi connectivity index (χ1) is 8.89. The SMILES string of the molecule is CC(C)(C)c1ccc(O)c(C(=O)c2cccnc2)c1. The average molecular weight is 255 g/mol. The zero-order valence-corrected chi connectivity index (χ0v) is 11.3. The molecule has 0 saturated heterocycles. The molecule has 98 valence electrons. The van der Waals surface area contributed by atoms with E-state index in [4.69, 9.17) is 0 Å². The summed E-state index contributed by atoms with van der Waals surface area (Å²) in [5.74, 6) is -0.210. The fourth-order valence-corrected chi connectivity index (χ4v) is 1.84. The topological polar surface area (TPSA) is 50.2 Å². The largest absolute Gasteiger partial charge is 0.507 e. The first kappa shape index (κ1) is 13.3. The highest BCUT2D eigenvalue weighted by molar-refractivity contribution is 6.10. The molecule has 1 aromatic heterocycles. The van der Waals surface area contributed by atoms with Crippen molar-refractivity contribution in [1.82, 2.24) is 4.98 Å². The van der Waals surface area contributed by atoms with Crippen molar-refractivity contribution in [3.8, 4) is 5.75 Å². The molecule has 0 bridgehead atoms. The Morgan fingerprint density at radius 1 is 1.21 bits per heavy atom. The second kappa shape index (κ2) is 4.84. The van der Waals surface area contributed by atoms with Crippen LogP contribution in [-0.4, -0.2) is 15.9 Å². The molecule has 1 heterocycles. The van der Waals surface area contributed by atoms with Crippen molar-refractivity contribution in [3.05, 3.63) is 59.4 Å². The Morgan fingerprint density at radius 3 is 2.53 bits per heavy atom. The maximum absolute atomic E-state index is 12.3. The highest BCUT2D eigenvalue weighted by Crippen LogP contribution is 2.28. The Bertz CT molecular complexity index is 598. The number of carbonyl (C=O) groups excluding carboxylic acids is 1. The third-order valence-corrected chi connectivity index (χ3v) is 3.03. The van der Waals surface area contributed by atoms with Crippen LogP contribution in [0.4, 0.5) is 0 Å². The van der Waals surface area contributed by atoms with E-state index in [2.05, 4.69) is 25.8 Å². The summed E-state index contributed by atoms with van der Waals surface area (Å²) < 4.78 is 0. The number of aromatic nitrogens is 1. The molecule has 19 heavy (non-hydrogen) atoms. The maximum atomic E-state index is 12.3. The number of nitrogens with zero attached hydrogens (tertiary/aromatic N) is 1. The van der Waals surface area contributed by atoms with Gasteiger partial charge >= 0.3 is 0 Å². The first-order valence-corrected chi connectivity index (χ1v) is 6.18. The van der Waals surface area contributed by atoms with Crippen molar-refractivity contribution < 1.29 is 9.90 Å². The summed E-state index contributed by atoms with van der Waals surface area (Å²) in [6, 6.07) is 8.57. The Balaban J connectivity index is 2.48. The van der Waals surface area contributed by atoms with Crippen LogP contribution in [0.1, 0.15) is 42.3 Å². The summed E-state index contributed by atoms with van der Waals surface area (Å²) in [5.41, 5.74) is 1.74. The molecule has 0 aliphatic rings. The van der Waals surface area contributed by atoms with Crippen molar-refractivity contribution in [2.45, 2.75) is 26.2 Å². The Morgan fingerprint density at radius 2 is 1.95 bits per heavy atom. The van der Waals surface area contributed by atoms with Crippen molar-refractivity contribution in [1.29, 1.82) is 0 Å². The number of aromatic hydroxyl groups is 1. The Kier molecular flexibility index (Phi) is 3.38. The zero-order chi connectivity index (χ0) is 14.0. The summed E-state index contributed by atoms with van der Waals surface area (Å²) in [4.78, 5) is 16.3. The third-order valence-electron chi connectivity index (χ3n) is 3.03. The van der Waals surface area contributed by atoms with E-state index in [9.17, 15) is 9.90 Å². The number of hydrogen-bond donors (Lipinski definition) is 1. The van der Waals surface area contributed by atoms with Crippen LogP contribution in [0.5, 0.6) is 5.75 Å². The molecular formula is C16H17NO2. The van der Waals surface area contributed by atoms with Crippen LogP contribution >= 0.6 is 0 Å². The number of carbonyl (C=O) groups is 1. The van der Waals surface area contributed by atoms with E-state index in [0.717, 1.165) is 5.56 Å². The smallest absolute Gasteiger partial charge is 0.198 e. The normalized spacial score (nSPS) is 11.3. The molecule has 0 amide bonds. The fraction of sp³-hybridized carbons (Fsp3) is 0.250. The lowest BCUT2D eigenvalue weighted by Crippen LogP contribution is -2.12. The van der Waals surface area contributed by atoms with Crippen LogP contribution < -0.4 is 0 Å². The third kappa shape index (κ3) is 2.81. The molecule has 0 aliphatic heterocycles. The predicted octanol–water partition coefficient (Wildman–Crippen LogP) is 3.32. The van der Waals surface area contributed by atoms with Crippen molar-refractivity contribution in [2.24, 2.45) is 0 Å². The lowest BCUT2D eigenvalue weighted by molar-refractivity contribution is 0.103. The van der Waals surface area contributed by atoms with Gasteiger partial charge in [0.1, 0.15) is 5.75 Å². The van der Waals surface area contributed by atoms with Crippen molar-refractivity contribution >= 4 is 5.78 Å². The molecule has 1 aromatic carbocycles. The highest BCUT2D eigenvalue weighted by Gasteiger charge is 2.19. The fourth-order valence-electron chi connectivity index (χ4n) is 1.84. The molecule has 0 aliphatic carbocycles. The van der Waals surface area contributed by atoms with Gasteiger partial charge in [0, 0.05) is 18.0 Å². The summed E-state index contributed by atoms with van der Waals surface area (Å²) in [6.45, 7) is 6.20. The van der Waals surface area contributed by atoms with Crippen LogP contribution in [0.15, 0.2) is 42.7 Å². The molecule has 3 heteroatoms. The van der Waals surface area contributed by atoms with Gasteiger partial charge in [-0.3, -0.25) is 9.78 Å². The Hall–Kier alpha value is -2.16. The van der Waals surface area contributed by atoms with Crippen molar-refractivity contribution in [2.75, 3.05) is 0 Å². The molecule has 0 atom stereocenters. The minimum absolute atomic E-state index is 0.00172. The molecule has 0 saturated carbocycles. The van der Waals surface area contributed by atoms with Crippen LogP contribution in [-0.2, 0) is 5.41 Å². The average Bonchev–Trinajstić information content (AvgIpc) is 2.38. The van der Waals surface area contributed by atoms with Gasteiger partial charge in [0.15, 0.2) is 5.78 Å². The number of benzene rings is 1. The van der Waals surface area contributed by atoms with Gasteiger partial charge in [-0.25, -0.2) is 0 Å². The van der Waals surface area contributed by atoms with Gasteiger partial charge in [0.05, 0.1) is 5.56 Å². The Labute approximate surface area is 112 Å². The van der Waals surface area contributed by atoms with Crippen LogP contribution in [0.25, 0.3) is 0 Å². The highest BCUT2D eigenvalue weighted by atomic mass is 16.3. The van der Waals surface area contributed by atoms with Gasteiger partial charge in [-0.2, -0.15) is 0 Å². The summed E-state index contributed by atoms with van der Waals surface area (Å²) in [6.07, 6.45) is 3.12. The standard InChI is InChI=1S/C16H17NO2/c1-16(2,3)12-6-7-14(18)13(9-12)15(19)11-5-4-8-17-10-11/h4-10,18H,1-3H3. The van der Waals surface area contributed by atoms with Crippen LogP contribution in [0, 0.1) is 0 Å². The number of rotatable bonds is 2. The van der Waals surface area contributed by atoms with Gasteiger partial charge in [-0.05, 0) is 35.2 Å². The number of pyridine rings is 1. The van der Waals surface area contributed by atoms with E-state index >= 15 is 0 Å². The molecule has 2 rings (SSSR count). The van der Waals surface area contributed by atoms with E-state index in [1.807, 2.05) is 6.07 Å². The maximum Gasteiger partial charge on any atom is 0.198 e. The predicted molar refractivity (Wildman–Crippen MR) is 74.5 cm³/mol. The van der Waals surface area contributed by atoms with Gasteiger partial charge in [0.2, 0.25) is 0 Å². The molecule has 0 radical (unpaired) electrons. The van der Waals surface area contributed by atoms with Crippen molar-refractivity contribution in [3.63, 3.8) is 0 Å². The lowest BCUT2D eigenvalue weighted by Gasteiger charge is -2.20. The molecular weight excluding hydrogens is 238 g/mol. The number of hydrogen-bond acceptors (Lipinski definition) is 3. The molecule has 3 nitrogen and oxygen atoms in total. The molecule has 0 unspecified atom stereocenters. The van der Waals surface area contributed by atoms with E-state index < -0.39 is 0 Å². The summed E-state index contributed by atoms with van der Waals surface area (Å²) in [7, 11) is 0. The zero-order valence-electron chi connectivity index (χ0n) is 11.3. The second-order valence-corrected chi connectivity index (χ2v) is 5.55. The lowest BCUT2D eigenvalue weighted by atomic mass is 9.85. The van der Waals surface area contributed by atoms with E-state index in [1.54, 1.807) is 30.5 Å². The van der Waals surface area contributed by atoms with Crippen LogP contribution in [0.3, 0.4) is 0 Å². The van der Waals surface area contributed by atoms with E-state index in [1.165, 1.54) is 6.20 Å². The molecule has 0 fully saturated rings. The minimum atomic E-state index is -0.211. The quantitative estimate of drug-likeness (QED) is 0.837. The molecule has 1 N–H and O–H groups in total. The van der Waals surface area contributed by atoms with Gasteiger partial charge in [-0.15, -0.1) is 0 Å². The first-order valence-electron chi connectivity index (χ1n) is 6.18. The van der Waals surface area contributed by atoms with Gasteiger partial charge in [0.25, 0.3) is 0 Å². The minimum Gasteiger partial charge on any atom is -0.507 e. The van der Waals surface area contributed by atoms with E-state index in [0.29, 0.717) is 11.1 Å². The molecule has 2 aromatic rings. The van der Waals surface area contributed by atoms with E-state index in [-0.39, 0.29) is 16.9 Å². The monoisotopic (exact) mass is 255 g/mol. The second-order valence-electron chi connectivity index (χ2n) is 5.55. The van der Waals surface area contributed by atoms with Gasteiger partial charge in [-0.1, -0.05) is 26.8 Å². The van der Waals surface area contributed by atoms with Crippen LogP contribution in [0.2, 0.25) is 0 Å². The number of ketones is 1. The number of phenols is 1. The number of phenolic OH excluding ortho intramolecular Hbond substituents is 1. The summed E-state index contributed by atoms with van der Waals surface area (Å²) in [5, 5.41) is 9.89. The van der Waals surface area contributed by atoms with Gasteiger partial charge < -0.3 is 5.11 Å².